The molecule has 0 atom stereocenters. The van der Waals surface area contributed by atoms with E-state index in [1.807, 2.05) is 6.92 Å². The van der Waals surface area contributed by atoms with Gasteiger partial charge in [-0.3, -0.25) is 4.98 Å². The van der Waals surface area contributed by atoms with Crippen LogP contribution in [0.3, 0.4) is 0 Å². The first-order valence-corrected chi connectivity index (χ1v) is 4.47. The van der Waals surface area contributed by atoms with Crippen molar-refractivity contribution in [1.29, 1.82) is 0 Å². The molecule has 0 aliphatic carbocycles. The van der Waals surface area contributed by atoms with Gasteiger partial charge in [-0.15, -0.1) is 6.58 Å². The lowest BCUT2D eigenvalue weighted by atomic mass is 10.4. The Morgan fingerprint density at radius 1 is 1.69 bits per heavy atom. The molecule has 0 saturated heterocycles. The molecule has 0 amide bonds. The van der Waals surface area contributed by atoms with Crippen LogP contribution in [0.2, 0.25) is 0 Å². The van der Waals surface area contributed by atoms with E-state index in [-0.39, 0.29) is 0 Å². The number of allylic oxidation sites excluding steroid dienone is 1. The second-order valence-corrected chi connectivity index (χ2v) is 3.01. The summed E-state index contributed by atoms with van der Waals surface area (Å²) < 4.78 is 4.81. The highest BCUT2D eigenvalue weighted by molar-refractivity contribution is 7.94. The molecule has 1 aromatic heterocycles. The van der Waals surface area contributed by atoms with Gasteiger partial charge < -0.3 is 9.92 Å². The lowest BCUT2D eigenvalue weighted by Crippen LogP contribution is -1.88. The topological polar surface area (TPSA) is 48.1 Å². The van der Waals surface area contributed by atoms with Crippen molar-refractivity contribution in [2.45, 2.75) is 11.8 Å². The summed E-state index contributed by atoms with van der Waals surface area (Å²) in [6.07, 6.45) is 5.07. The minimum absolute atomic E-state index is 0.696. The molecular weight excluding hydrogens is 184 g/mol. The molecule has 0 saturated carbocycles. The summed E-state index contributed by atoms with van der Waals surface area (Å²) in [5.74, 6) is 0. The van der Waals surface area contributed by atoms with Crippen LogP contribution >= 0.6 is 12.0 Å². The molecule has 2 N–H and O–H groups in total. The van der Waals surface area contributed by atoms with Crippen LogP contribution in [0.4, 0.5) is 5.69 Å². The van der Waals surface area contributed by atoms with Gasteiger partial charge in [-0.25, -0.2) is 0 Å². The molecule has 0 aromatic carbocycles. The van der Waals surface area contributed by atoms with Gasteiger partial charge >= 0.3 is 0 Å². The molecule has 1 rings (SSSR count). The smallest absolute Gasteiger partial charge is 0.0765 e. The highest BCUT2D eigenvalue weighted by Crippen LogP contribution is 2.22. The quantitative estimate of drug-likeness (QED) is 0.586. The summed E-state index contributed by atoms with van der Waals surface area (Å²) in [5, 5.41) is 0. The van der Waals surface area contributed by atoms with Gasteiger partial charge in [-0.2, -0.15) is 0 Å². The third-order valence-corrected chi connectivity index (χ3v) is 1.68. The summed E-state index contributed by atoms with van der Waals surface area (Å²) in [4.78, 5) is 4.74. The van der Waals surface area contributed by atoms with Crippen molar-refractivity contribution in [1.82, 2.24) is 4.98 Å². The van der Waals surface area contributed by atoms with E-state index in [9.17, 15) is 0 Å². The molecule has 0 fully saturated rings. The van der Waals surface area contributed by atoms with Crippen LogP contribution in [0, 0.1) is 0 Å². The Morgan fingerprint density at radius 2 is 2.31 bits per heavy atom. The van der Waals surface area contributed by atoms with Crippen LogP contribution in [-0.4, -0.2) is 12.1 Å². The van der Waals surface area contributed by atoms with Crippen LogP contribution in [0.1, 0.15) is 6.92 Å². The number of nitrogens with zero attached hydrogens (tertiary/aromatic N) is 1. The van der Waals surface area contributed by atoms with Crippen molar-refractivity contribution < 1.29 is 4.18 Å². The number of nitrogens with two attached hydrogens (primary N) is 1. The summed E-state index contributed by atoms with van der Waals surface area (Å²) in [6.45, 7) is 5.25. The highest BCUT2D eigenvalue weighted by atomic mass is 32.2. The zero-order valence-electron chi connectivity index (χ0n) is 7.86. The predicted octanol–water partition coefficient (Wildman–Crippen LogP) is 2.51. The summed E-state index contributed by atoms with van der Waals surface area (Å²) in [7, 11) is 1.59. The first kappa shape index (κ1) is 12.0. The number of rotatable bonds is 2. The van der Waals surface area contributed by atoms with Gasteiger partial charge in [0, 0.05) is 24.4 Å². The molecule has 0 aliphatic heterocycles. The molecule has 0 unspecified atom stereocenters. The van der Waals surface area contributed by atoms with E-state index in [0.717, 1.165) is 4.90 Å². The maximum absolute atomic E-state index is 5.57. The molecule has 0 spiro atoms. The first-order valence-electron chi connectivity index (χ1n) is 3.73. The van der Waals surface area contributed by atoms with Gasteiger partial charge in [0.25, 0.3) is 0 Å². The highest BCUT2D eigenvalue weighted by Gasteiger charge is 1.96. The maximum atomic E-state index is 5.57. The van der Waals surface area contributed by atoms with Crippen molar-refractivity contribution in [3.8, 4) is 0 Å². The van der Waals surface area contributed by atoms with Crippen molar-refractivity contribution >= 4 is 17.7 Å². The van der Waals surface area contributed by atoms with Crippen LogP contribution in [-0.2, 0) is 4.18 Å². The molecule has 0 radical (unpaired) electrons. The molecule has 1 aromatic rings. The number of aromatic nitrogens is 1. The molecule has 0 aliphatic rings. The van der Waals surface area contributed by atoms with Crippen molar-refractivity contribution in [2.24, 2.45) is 0 Å². The van der Waals surface area contributed by atoms with Gasteiger partial charge in [0.05, 0.1) is 17.7 Å². The molecule has 1 heterocycles. The Hall–Kier alpha value is -1.00. The maximum Gasteiger partial charge on any atom is 0.0765 e. The van der Waals surface area contributed by atoms with E-state index in [4.69, 9.17) is 9.92 Å². The summed E-state index contributed by atoms with van der Waals surface area (Å²) in [5.41, 5.74) is 6.26. The van der Waals surface area contributed by atoms with Gasteiger partial charge in [-0.1, -0.05) is 6.08 Å². The Kier molecular flexibility index (Phi) is 7.05. The summed E-state index contributed by atoms with van der Waals surface area (Å²) >= 11 is 1.21. The predicted molar refractivity (Wildman–Crippen MR) is 57.4 cm³/mol. The lowest BCUT2D eigenvalue weighted by molar-refractivity contribution is 0.490. The SMILES string of the molecule is C=CC.COSc1cnccc1N. The standard InChI is InChI=1S/C6H8N2OS.C3H6/c1-9-10-6-4-8-3-2-5(6)7;1-3-2/h2-4H,1H3,(H2,7,8);3H,1H2,2H3. The van der Waals surface area contributed by atoms with E-state index in [2.05, 4.69) is 11.6 Å². The third kappa shape index (κ3) is 5.27. The molecule has 4 heteroatoms. The van der Waals surface area contributed by atoms with E-state index in [1.54, 1.807) is 31.6 Å². The second kappa shape index (κ2) is 7.64. The molecule has 72 valence electrons. The summed E-state index contributed by atoms with van der Waals surface area (Å²) in [6, 6.07) is 1.74. The molecule has 0 bridgehead atoms. The molecule has 13 heavy (non-hydrogen) atoms. The average molecular weight is 198 g/mol. The lowest BCUT2D eigenvalue weighted by Gasteiger charge is -1.99. The monoisotopic (exact) mass is 198 g/mol. The third-order valence-electron chi connectivity index (χ3n) is 0.990. The average Bonchev–Trinajstić information content (AvgIpc) is 2.11. The number of pyridine rings is 1. The van der Waals surface area contributed by atoms with Crippen molar-refractivity contribution in [3.63, 3.8) is 0 Å². The minimum atomic E-state index is 0.696. The van der Waals surface area contributed by atoms with Gasteiger partial charge in [0.15, 0.2) is 0 Å². The van der Waals surface area contributed by atoms with Crippen molar-refractivity contribution in [3.05, 3.63) is 31.1 Å². The molecular formula is C9H14N2OS. The Balaban J connectivity index is 0.000000424. The van der Waals surface area contributed by atoms with Gasteiger partial charge in [0.1, 0.15) is 0 Å². The van der Waals surface area contributed by atoms with E-state index in [1.165, 1.54) is 12.0 Å². The number of hydrogen-bond acceptors (Lipinski definition) is 4. The number of anilines is 1. The first-order chi connectivity index (χ1) is 6.26. The van der Waals surface area contributed by atoms with Crippen LogP contribution in [0.5, 0.6) is 0 Å². The van der Waals surface area contributed by atoms with Crippen LogP contribution < -0.4 is 5.73 Å². The van der Waals surface area contributed by atoms with Crippen LogP contribution in [0.25, 0.3) is 0 Å². The zero-order valence-corrected chi connectivity index (χ0v) is 8.67. The fourth-order valence-corrected chi connectivity index (χ4v) is 0.998. The Morgan fingerprint density at radius 3 is 2.77 bits per heavy atom. The fourth-order valence-electron chi connectivity index (χ4n) is 0.550. The van der Waals surface area contributed by atoms with E-state index in [0.29, 0.717) is 5.69 Å². The second-order valence-electron chi connectivity index (χ2n) is 2.07. The minimum Gasteiger partial charge on any atom is -0.398 e. The number of hydrogen-bond donors (Lipinski definition) is 1. The fraction of sp³-hybridized carbons (Fsp3) is 0.222. The van der Waals surface area contributed by atoms with E-state index < -0.39 is 0 Å². The van der Waals surface area contributed by atoms with Crippen LogP contribution in [0.15, 0.2) is 36.0 Å². The van der Waals surface area contributed by atoms with E-state index >= 15 is 0 Å². The number of nitrogen functional groups attached to an aromatic ring is 1. The Bertz CT molecular complexity index is 253. The van der Waals surface area contributed by atoms with Crippen molar-refractivity contribution in [2.75, 3.05) is 12.8 Å². The van der Waals surface area contributed by atoms with Gasteiger partial charge in [-0.05, 0) is 13.0 Å². The zero-order chi connectivity index (χ0) is 10.1. The largest absolute Gasteiger partial charge is 0.398 e. The normalized spacial score (nSPS) is 8.46. The van der Waals surface area contributed by atoms with Gasteiger partial charge in [0.2, 0.25) is 0 Å². The molecule has 3 nitrogen and oxygen atoms in total. The Labute approximate surface area is 83.2 Å².